The highest BCUT2D eigenvalue weighted by Gasteiger charge is 2.36. The third kappa shape index (κ3) is 4.86. The molecule has 184 valence electrons. The number of nitrogens with one attached hydrogen (secondary N) is 1. The van der Waals surface area contributed by atoms with Gasteiger partial charge in [0.2, 0.25) is 5.96 Å². The van der Waals surface area contributed by atoms with E-state index in [1.807, 2.05) is 71.4 Å². The number of para-hydroxylation sites is 1. The van der Waals surface area contributed by atoms with Crippen LogP contribution >= 0.6 is 11.8 Å². The van der Waals surface area contributed by atoms with Crippen LogP contribution in [0.2, 0.25) is 0 Å². The first-order valence-corrected chi connectivity index (χ1v) is 12.5. The van der Waals surface area contributed by atoms with E-state index in [2.05, 4.69) is 10.3 Å². The summed E-state index contributed by atoms with van der Waals surface area (Å²) in [6.07, 6.45) is -0.832. The number of likely N-dealkylation sites (tertiary alicyclic amines) is 1. The Labute approximate surface area is 212 Å². The SMILES string of the molecule is Cc1ccc(N=C(NC#N)N2CCCC(N3c4ccccc4Sc4ccc(C(F)(F)F)cc43)C2)cc1. The van der Waals surface area contributed by atoms with Crippen molar-refractivity contribution in [1.29, 1.82) is 5.26 Å². The lowest BCUT2D eigenvalue weighted by Gasteiger charge is -2.44. The summed E-state index contributed by atoms with van der Waals surface area (Å²) < 4.78 is 40.9. The largest absolute Gasteiger partial charge is 0.416 e. The molecule has 1 saturated heterocycles. The number of hydrogen-bond donors (Lipinski definition) is 1. The van der Waals surface area contributed by atoms with Crippen LogP contribution in [0.1, 0.15) is 24.0 Å². The molecule has 0 aromatic heterocycles. The smallest absolute Gasteiger partial charge is 0.340 e. The van der Waals surface area contributed by atoms with Gasteiger partial charge in [-0.3, -0.25) is 5.32 Å². The van der Waals surface area contributed by atoms with Gasteiger partial charge < -0.3 is 9.80 Å². The zero-order chi connectivity index (χ0) is 25.3. The molecule has 5 nitrogen and oxygen atoms in total. The van der Waals surface area contributed by atoms with Gasteiger partial charge in [0.1, 0.15) is 0 Å². The Morgan fingerprint density at radius 3 is 2.56 bits per heavy atom. The molecule has 0 amide bonds. The van der Waals surface area contributed by atoms with Crippen LogP contribution in [0.5, 0.6) is 0 Å². The fourth-order valence-corrected chi connectivity index (χ4v) is 5.73. The summed E-state index contributed by atoms with van der Waals surface area (Å²) in [7, 11) is 0. The number of benzene rings is 3. The van der Waals surface area contributed by atoms with Crippen molar-refractivity contribution in [2.24, 2.45) is 4.99 Å². The van der Waals surface area contributed by atoms with Crippen LogP contribution in [-0.2, 0) is 6.18 Å². The molecule has 5 rings (SSSR count). The van der Waals surface area contributed by atoms with Gasteiger partial charge in [0.25, 0.3) is 0 Å². The number of nitrogens with zero attached hydrogens (tertiary/aromatic N) is 4. The second-order valence-corrected chi connectivity index (χ2v) is 9.95. The monoisotopic (exact) mass is 507 g/mol. The second-order valence-electron chi connectivity index (χ2n) is 8.87. The molecule has 1 unspecified atom stereocenters. The van der Waals surface area contributed by atoms with Crippen LogP contribution in [0.25, 0.3) is 0 Å². The first kappa shape index (κ1) is 24.1. The molecule has 0 aliphatic carbocycles. The molecular formula is C27H24F3N5S. The fraction of sp³-hybridized carbons (Fsp3) is 0.259. The number of fused-ring (bicyclic) bond motifs is 2. The van der Waals surface area contributed by atoms with E-state index in [9.17, 15) is 18.4 Å². The molecule has 36 heavy (non-hydrogen) atoms. The molecule has 1 atom stereocenters. The predicted octanol–water partition coefficient (Wildman–Crippen LogP) is 6.84. The van der Waals surface area contributed by atoms with E-state index >= 15 is 0 Å². The molecule has 3 aromatic carbocycles. The molecule has 0 saturated carbocycles. The first-order valence-electron chi connectivity index (χ1n) is 11.7. The molecule has 9 heteroatoms. The first-order chi connectivity index (χ1) is 17.3. The normalized spacial score (nSPS) is 17.8. The average molecular weight is 508 g/mol. The molecule has 0 bridgehead atoms. The molecule has 0 spiro atoms. The van der Waals surface area contributed by atoms with Crippen LogP contribution in [0.4, 0.5) is 30.2 Å². The highest BCUT2D eigenvalue weighted by molar-refractivity contribution is 7.99. The lowest BCUT2D eigenvalue weighted by molar-refractivity contribution is -0.137. The van der Waals surface area contributed by atoms with Gasteiger partial charge in [-0.15, -0.1) is 0 Å². The van der Waals surface area contributed by atoms with Gasteiger partial charge in [-0.25, -0.2) is 4.99 Å². The second kappa shape index (κ2) is 9.78. The summed E-state index contributed by atoms with van der Waals surface area (Å²) in [5.74, 6) is 0.440. The molecule has 0 radical (unpaired) electrons. The number of guanidine groups is 1. The number of anilines is 2. The Hall–Kier alpha value is -3.64. The van der Waals surface area contributed by atoms with Crippen LogP contribution < -0.4 is 10.2 Å². The number of aryl methyl sites for hydroxylation is 1. The van der Waals surface area contributed by atoms with Crippen LogP contribution in [0.15, 0.2) is 81.5 Å². The Bertz CT molecular complexity index is 1330. The van der Waals surface area contributed by atoms with E-state index in [4.69, 9.17) is 0 Å². The average Bonchev–Trinajstić information content (AvgIpc) is 2.87. The van der Waals surface area contributed by atoms with Gasteiger partial charge in [0.15, 0.2) is 6.19 Å². The number of halogens is 3. The Morgan fingerprint density at radius 2 is 1.81 bits per heavy atom. The van der Waals surface area contributed by atoms with Crippen molar-refractivity contribution >= 4 is 34.8 Å². The number of alkyl halides is 3. The summed E-state index contributed by atoms with van der Waals surface area (Å²) >= 11 is 1.49. The van der Waals surface area contributed by atoms with E-state index in [1.165, 1.54) is 17.8 Å². The molecule has 2 heterocycles. The fourth-order valence-electron chi connectivity index (χ4n) is 4.68. The topological polar surface area (TPSA) is 54.7 Å². The van der Waals surface area contributed by atoms with Crippen LogP contribution in [-0.4, -0.2) is 30.0 Å². The predicted molar refractivity (Wildman–Crippen MR) is 136 cm³/mol. The van der Waals surface area contributed by atoms with Crippen molar-refractivity contribution in [1.82, 2.24) is 10.2 Å². The lowest BCUT2D eigenvalue weighted by Crippen LogP contribution is -2.51. The lowest BCUT2D eigenvalue weighted by atomic mass is 10.0. The van der Waals surface area contributed by atoms with Crippen molar-refractivity contribution < 1.29 is 13.2 Å². The maximum absolute atomic E-state index is 13.6. The van der Waals surface area contributed by atoms with E-state index in [0.717, 1.165) is 45.6 Å². The van der Waals surface area contributed by atoms with Crippen molar-refractivity contribution in [2.75, 3.05) is 18.0 Å². The zero-order valence-electron chi connectivity index (χ0n) is 19.6. The minimum absolute atomic E-state index is 0.105. The molecular weight excluding hydrogens is 483 g/mol. The van der Waals surface area contributed by atoms with Crippen LogP contribution in [0, 0.1) is 18.4 Å². The maximum Gasteiger partial charge on any atom is 0.416 e. The third-order valence-corrected chi connectivity index (χ3v) is 7.52. The Morgan fingerprint density at radius 1 is 1.06 bits per heavy atom. The Balaban J connectivity index is 1.52. The van der Waals surface area contributed by atoms with E-state index in [-0.39, 0.29) is 6.04 Å². The Kier molecular flexibility index (Phi) is 6.54. The van der Waals surface area contributed by atoms with Gasteiger partial charge >= 0.3 is 6.18 Å². The minimum Gasteiger partial charge on any atom is -0.340 e. The van der Waals surface area contributed by atoms with Gasteiger partial charge in [0, 0.05) is 22.9 Å². The summed E-state index contributed by atoms with van der Waals surface area (Å²) in [6.45, 7) is 3.19. The zero-order valence-corrected chi connectivity index (χ0v) is 20.4. The van der Waals surface area contributed by atoms with Gasteiger partial charge in [-0.2, -0.15) is 18.4 Å². The van der Waals surface area contributed by atoms with Crippen LogP contribution in [0.3, 0.4) is 0 Å². The van der Waals surface area contributed by atoms with Gasteiger partial charge in [-0.1, -0.05) is 41.6 Å². The molecule has 1 fully saturated rings. The van der Waals surface area contributed by atoms with Crippen molar-refractivity contribution in [3.05, 3.63) is 77.9 Å². The molecule has 1 N–H and O–H groups in total. The van der Waals surface area contributed by atoms with Crippen molar-refractivity contribution in [3.8, 4) is 6.19 Å². The molecule has 2 aliphatic heterocycles. The minimum atomic E-state index is -4.43. The highest BCUT2D eigenvalue weighted by atomic mass is 32.2. The third-order valence-electron chi connectivity index (χ3n) is 6.39. The molecule has 3 aromatic rings. The van der Waals surface area contributed by atoms with Gasteiger partial charge in [0.05, 0.1) is 28.7 Å². The quantitative estimate of drug-likeness (QED) is 0.178. The summed E-state index contributed by atoms with van der Waals surface area (Å²) in [5, 5.41) is 12.1. The van der Waals surface area contributed by atoms with E-state index in [1.54, 1.807) is 6.07 Å². The van der Waals surface area contributed by atoms with E-state index in [0.29, 0.717) is 24.7 Å². The highest BCUT2D eigenvalue weighted by Crippen LogP contribution is 2.51. The van der Waals surface area contributed by atoms with E-state index < -0.39 is 11.7 Å². The number of hydrogen-bond acceptors (Lipinski definition) is 4. The maximum atomic E-state index is 13.6. The van der Waals surface area contributed by atoms with Gasteiger partial charge in [-0.05, 0) is 62.2 Å². The number of aliphatic imine (C=N–C) groups is 1. The standard InChI is InChI=1S/C27H24F3N5S/c1-18-8-11-20(12-9-18)33-26(32-17-31)34-14-4-5-21(16-34)35-22-6-2-3-7-24(22)36-25-13-10-19(15-23(25)35)27(28,29)30/h2-3,6-13,15,21H,4-5,14,16H2,1H3,(H,32,33). The number of nitriles is 1. The van der Waals surface area contributed by atoms with Crippen molar-refractivity contribution in [2.45, 2.75) is 41.8 Å². The number of piperidine rings is 1. The molecule has 2 aliphatic rings. The van der Waals surface area contributed by atoms with Crippen molar-refractivity contribution in [3.63, 3.8) is 0 Å². The summed E-state index contributed by atoms with van der Waals surface area (Å²) in [6, 6.07) is 19.4. The summed E-state index contributed by atoms with van der Waals surface area (Å²) in [4.78, 5) is 10.5. The summed E-state index contributed by atoms with van der Waals surface area (Å²) in [5.41, 5.74) is 2.63. The number of rotatable bonds is 2.